The molecule has 1 aromatic carbocycles. The Kier molecular flexibility index (Phi) is 7.42. The van der Waals surface area contributed by atoms with Gasteiger partial charge in [0.2, 0.25) is 5.95 Å². The Morgan fingerprint density at radius 1 is 1.05 bits per heavy atom. The van der Waals surface area contributed by atoms with Gasteiger partial charge in [-0.25, -0.2) is 9.67 Å². The molecule has 0 unspecified atom stereocenters. The number of amides is 1. The van der Waals surface area contributed by atoms with Crippen molar-refractivity contribution in [3.63, 3.8) is 0 Å². The van der Waals surface area contributed by atoms with Crippen LogP contribution in [-0.2, 0) is 0 Å². The lowest BCUT2D eigenvalue weighted by Gasteiger charge is -2.30. The topological polar surface area (TPSA) is 117 Å². The summed E-state index contributed by atoms with van der Waals surface area (Å²) in [6, 6.07) is 9.51. The molecule has 3 heterocycles. The lowest BCUT2D eigenvalue weighted by molar-refractivity contribution is 0.0951. The Morgan fingerprint density at radius 2 is 1.82 bits per heavy atom. The minimum atomic E-state index is -0.239. The average molecular weight is 517 g/mol. The Hall–Kier alpha value is -3.79. The molecular formula is C28H36N8O2. The second-order valence-electron chi connectivity index (χ2n) is 10.7. The Balaban J connectivity index is 1.40. The van der Waals surface area contributed by atoms with Crippen LogP contribution in [0, 0.1) is 6.92 Å². The fourth-order valence-corrected chi connectivity index (χ4v) is 4.84. The number of hydrogen-bond donors (Lipinski definition) is 3. The van der Waals surface area contributed by atoms with Crippen molar-refractivity contribution < 1.29 is 4.79 Å². The second-order valence-corrected chi connectivity index (χ2v) is 10.7. The van der Waals surface area contributed by atoms with Crippen LogP contribution in [-0.4, -0.2) is 56.7 Å². The van der Waals surface area contributed by atoms with Crippen molar-refractivity contribution in [2.24, 2.45) is 0 Å². The van der Waals surface area contributed by atoms with E-state index in [4.69, 9.17) is 0 Å². The molecule has 2 aromatic heterocycles. The molecule has 3 N–H and O–H groups in total. The summed E-state index contributed by atoms with van der Waals surface area (Å²) in [5, 5.41) is 13.8. The highest BCUT2D eigenvalue weighted by Crippen LogP contribution is 2.32. The van der Waals surface area contributed by atoms with Gasteiger partial charge >= 0.3 is 0 Å². The number of likely N-dealkylation sites (tertiary alicyclic amines) is 1. The SMILES string of the molecule is Cc1cc(Nc2ncc(C(=O)NC3CC3)c(Nc3ccc(=O)n(C(C)C)n3)n2)ccc1C1CCN(C)CC1. The van der Waals surface area contributed by atoms with Crippen LogP contribution in [0.1, 0.15) is 73.0 Å². The summed E-state index contributed by atoms with van der Waals surface area (Å²) >= 11 is 0. The Morgan fingerprint density at radius 3 is 2.50 bits per heavy atom. The molecule has 0 radical (unpaired) electrons. The minimum Gasteiger partial charge on any atom is -0.349 e. The first kappa shape index (κ1) is 25.8. The lowest BCUT2D eigenvalue weighted by atomic mass is 9.87. The standard InChI is InChI=1S/C28H36N8O2/c1-17(2)36-25(37)10-9-24(34-36)32-26-23(27(38)30-20-5-6-20)16-29-28(33-26)31-21-7-8-22(18(3)15-21)19-11-13-35(4)14-12-19/h7-10,15-17,19-20H,5-6,11-14H2,1-4H3,(H,30,38)(H2,29,31,32,33,34). The maximum atomic E-state index is 12.9. The van der Waals surface area contributed by atoms with E-state index in [2.05, 4.69) is 68.1 Å². The summed E-state index contributed by atoms with van der Waals surface area (Å²) in [4.78, 5) is 36.5. The van der Waals surface area contributed by atoms with Crippen molar-refractivity contribution in [3.05, 3.63) is 63.6 Å². The molecular weight excluding hydrogens is 480 g/mol. The third kappa shape index (κ3) is 6.02. The Labute approximate surface area is 222 Å². The molecule has 0 spiro atoms. The molecule has 10 nitrogen and oxygen atoms in total. The molecule has 2 aliphatic rings. The van der Waals surface area contributed by atoms with Gasteiger partial charge in [-0.15, -0.1) is 0 Å². The van der Waals surface area contributed by atoms with Crippen molar-refractivity contribution in [1.82, 2.24) is 30.0 Å². The van der Waals surface area contributed by atoms with Gasteiger partial charge in [0.1, 0.15) is 11.4 Å². The van der Waals surface area contributed by atoms with E-state index in [1.54, 1.807) is 6.07 Å². The fraction of sp³-hybridized carbons (Fsp3) is 0.464. The van der Waals surface area contributed by atoms with Crippen molar-refractivity contribution in [2.75, 3.05) is 30.8 Å². The average Bonchev–Trinajstić information content (AvgIpc) is 3.70. The molecule has 1 amide bonds. The minimum absolute atomic E-state index is 0.106. The van der Waals surface area contributed by atoms with Gasteiger partial charge in [-0.3, -0.25) is 9.59 Å². The van der Waals surface area contributed by atoms with Crippen molar-refractivity contribution in [1.29, 1.82) is 0 Å². The maximum absolute atomic E-state index is 12.9. The molecule has 200 valence electrons. The highest BCUT2D eigenvalue weighted by atomic mass is 16.2. The summed E-state index contributed by atoms with van der Waals surface area (Å²) in [7, 11) is 2.18. The van der Waals surface area contributed by atoms with Crippen LogP contribution in [0.3, 0.4) is 0 Å². The second kappa shape index (κ2) is 10.9. The molecule has 10 heteroatoms. The first-order valence-electron chi connectivity index (χ1n) is 13.4. The van der Waals surface area contributed by atoms with E-state index >= 15 is 0 Å². The molecule has 1 aliphatic carbocycles. The van der Waals surface area contributed by atoms with Crippen LogP contribution in [0.25, 0.3) is 0 Å². The van der Waals surface area contributed by atoms with E-state index in [1.807, 2.05) is 13.8 Å². The van der Waals surface area contributed by atoms with Gasteiger partial charge in [0.15, 0.2) is 5.82 Å². The summed E-state index contributed by atoms with van der Waals surface area (Å²) in [6.07, 6.45) is 5.81. The van der Waals surface area contributed by atoms with E-state index in [-0.39, 0.29) is 23.6 Å². The zero-order chi connectivity index (χ0) is 26.8. The number of hydrogen-bond acceptors (Lipinski definition) is 8. The van der Waals surface area contributed by atoms with Crippen LogP contribution < -0.4 is 21.5 Å². The Bertz CT molecular complexity index is 1370. The molecule has 2 fully saturated rings. The van der Waals surface area contributed by atoms with Crippen LogP contribution >= 0.6 is 0 Å². The monoisotopic (exact) mass is 516 g/mol. The molecule has 38 heavy (non-hydrogen) atoms. The van der Waals surface area contributed by atoms with Gasteiger partial charge in [-0.1, -0.05) is 6.07 Å². The quantitative estimate of drug-likeness (QED) is 0.410. The van der Waals surface area contributed by atoms with E-state index in [0.29, 0.717) is 29.1 Å². The predicted octanol–water partition coefficient (Wildman–Crippen LogP) is 4.11. The van der Waals surface area contributed by atoms with E-state index in [9.17, 15) is 9.59 Å². The number of benzene rings is 1. The van der Waals surface area contributed by atoms with Crippen molar-refractivity contribution in [3.8, 4) is 0 Å². The van der Waals surface area contributed by atoms with Gasteiger partial charge in [-0.05, 0) is 102 Å². The van der Waals surface area contributed by atoms with Crippen LogP contribution in [0.2, 0.25) is 0 Å². The van der Waals surface area contributed by atoms with Gasteiger partial charge in [0.05, 0.1) is 6.04 Å². The number of rotatable bonds is 8. The van der Waals surface area contributed by atoms with Gasteiger partial charge in [0.25, 0.3) is 11.5 Å². The summed E-state index contributed by atoms with van der Waals surface area (Å²) in [5.41, 5.74) is 3.64. The summed E-state index contributed by atoms with van der Waals surface area (Å²) in [6.45, 7) is 8.17. The zero-order valence-electron chi connectivity index (χ0n) is 22.5. The fourth-order valence-electron chi connectivity index (χ4n) is 4.84. The van der Waals surface area contributed by atoms with Crippen LogP contribution in [0.4, 0.5) is 23.3 Å². The normalized spacial score (nSPS) is 16.4. The highest BCUT2D eigenvalue weighted by Gasteiger charge is 2.26. The van der Waals surface area contributed by atoms with E-state index in [0.717, 1.165) is 31.6 Å². The van der Waals surface area contributed by atoms with E-state index in [1.165, 1.54) is 40.9 Å². The number of aromatic nitrogens is 4. The summed E-state index contributed by atoms with van der Waals surface area (Å²) in [5.74, 6) is 1.44. The maximum Gasteiger partial charge on any atom is 0.267 e. The highest BCUT2D eigenvalue weighted by molar-refractivity contribution is 5.99. The first-order chi connectivity index (χ1) is 18.3. The van der Waals surface area contributed by atoms with E-state index < -0.39 is 0 Å². The first-order valence-corrected chi connectivity index (χ1v) is 13.4. The van der Waals surface area contributed by atoms with Crippen LogP contribution in [0.5, 0.6) is 0 Å². The lowest BCUT2D eigenvalue weighted by Crippen LogP contribution is -2.29. The smallest absolute Gasteiger partial charge is 0.267 e. The van der Waals surface area contributed by atoms with Gasteiger partial charge in [0, 0.05) is 24.0 Å². The molecule has 1 saturated carbocycles. The number of aryl methyl sites for hydroxylation is 1. The molecule has 5 rings (SSSR count). The number of piperidine rings is 1. The number of nitrogens with zero attached hydrogens (tertiary/aromatic N) is 5. The third-order valence-electron chi connectivity index (χ3n) is 7.19. The molecule has 1 aliphatic heterocycles. The molecule has 0 atom stereocenters. The third-order valence-corrected chi connectivity index (χ3v) is 7.19. The van der Waals surface area contributed by atoms with Crippen molar-refractivity contribution in [2.45, 2.75) is 64.5 Å². The predicted molar refractivity (Wildman–Crippen MR) is 149 cm³/mol. The molecule has 3 aromatic rings. The van der Waals surface area contributed by atoms with Crippen LogP contribution in [0.15, 0.2) is 41.3 Å². The van der Waals surface area contributed by atoms with Gasteiger partial charge in [-0.2, -0.15) is 10.1 Å². The molecule has 0 bridgehead atoms. The number of carbonyl (C=O) groups excluding carboxylic acids is 1. The number of nitrogens with one attached hydrogen (secondary N) is 3. The number of anilines is 4. The number of carbonyl (C=O) groups is 1. The molecule has 1 saturated heterocycles. The zero-order valence-corrected chi connectivity index (χ0v) is 22.5. The summed E-state index contributed by atoms with van der Waals surface area (Å²) < 4.78 is 1.39. The van der Waals surface area contributed by atoms with Crippen molar-refractivity contribution >= 4 is 29.2 Å². The largest absolute Gasteiger partial charge is 0.349 e. The van der Waals surface area contributed by atoms with Gasteiger partial charge < -0.3 is 20.9 Å².